The fourth-order valence-corrected chi connectivity index (χ4v) is 1.23. The van der Waals surface area contributed by atoms with Crippen LogP contribution in [0.4, 0.5) is 11.5 Å². The molecule has 92 valence electrons. The van der Waals surface area contributed by atoms with Gasteiger partial charge < -0.3 is 16.4 Å². The van der Waals surface area contributed by atoms with Gasteiger partial charge >= 0.3 is 0 Å². The summed E-state index contributed by atoms with van der Waals surface area (Å²) in [6.45, 7) is 4.81. The number of nitrogens with two attached hydrogens (primary N) is 1. The lowest BCUT2D eigenvalue weighted by Crippen LogP contribution is -2.14. The average Bonchev–Trinajstić information content (AvgIpc) is 2.35. The number of aromatic nitrogens is 1. The molecule has 0 unspecified atom stereocenters. The van der Waals surface area contributed by atoms with Crippen molar-refractivity contribution in [3.05, 3.63) is 31.0 Å². The van der Waals surface area contributed by atoms with Gasteiger partial charge in [-0.1, -0.05) is 6.08 Å². The summed E-state index contributed by atoms with van der Waals surface area (Å²) >= 11 is 0. The van der Waals surface area contributed by atoms with Crippen molar-refractivity contribution in [2.45, 2.75) is 12.8 Å². The second kappa shape index (κ2) is 7.40. The van der Waals surface area contributed by atoms with Crippen LogP contribution in [0.25, 0.3) is 0 Å². The average molecular weight is 234 g/mol. The first kappa shape index (κ1) is 13.2. The number of anilines is 2. The van der Waals surface area contributed by atoms with Gasteiger partial charge in [-0.05, 0) is 25.1 Å². The van der Waals surface area contributed by atoms with Crippen LogP contribution < -0.4 is 16.4 Å². The fourth-order valence-electron chi connectivity index (χ4n) is 1.23. The lowest BCUT2D eigenvalue weighted by molar-refractivity contribution is -0.116. The molecule has 0 aliphatic rings. The van der Waals surface area contributed by atoms with E-state index < -0.39 is 0 Å². The van der Waals surface area contributed by atoms with Crippen molar-refractivity contribution >= 4 is 17.4 Å². The van der Waals surface area contributed by atoms with Crippen LogP contribution in [0.1, 0.15) is 12.8 Å². The smallest absolute Gasteiger partial charge is 0.225 e. The predicted molar refractivity (Wildman–Crippen MR) is 69.8 cm³/mol. The predicted octanol–water partition coefficient (Wildman–Crippen LogP) is 1.36. The Kier molecular flexibility index (Phi) is 5.74. The third-order valence-corrected chi connectivity index (χ3v) is 2.09. The molecular weight excluding hydrogens is 216 g/mol. The van der Waals surface area contributed by atoms with E-state index in [0.29, 0.717) is 31.7 Å². The van der Waals surface area contributed by atoms with Gasteiger partial charge in [0.05, 0.1) is 11.9 Å². The molecule has 1 amide bonds. The van der Waals surface area contributed by atoms with Crippen LogP contribution in [-0.2, 0) is 4.79 Å². The summed E-state index contributed by atoms with van der Waals surface area (Å²) in [5, 5.41) is 5.81. The number of amides is 1. The van der Waals surface area contributed by atoms with Crippen LogP contribution >= 0.6 is 0 Å². The summed E-state index contributed by atoms with van der Waals surface area (Å²) < 4.78 is 0. The molecule has 5 heteroatoms. The highest BCUT2D eigenvalue weighted by Gasteiger charge is 2.02. The Morgan fingerprint density at radius 3 is 2.94 bits per heavy atom. The normalized spacial score (nSPS) is 9.71. The fraction of sp³-hybridized carbons (Fsp3) is 0.333. The monoisotopic (exact) mass is 234 g/mol. The maximum absolute atomic E-state index is 11.4. The van der Waals surface area contributed by atoms with Gasteiger partial charge in [0.1, 0.15) is 5.82 Å². The van der Waals surface area contributed by atoms with E-state index in [-0.39, 0.29) is 5.91 Å². The van der Waals surface area contributed by atoms with Gasteiger partial charge in [0.25, 0.3) is 0 Å². The van der Waals surface area contributed by atoms with E-state index >= 15 is 0 Å². The van der Waals surface area contributed by atoms with Crippen LogP contribution in [0.2, 0.25) is 0 Å². The Morgan fingerprint density at radius 1 is 1.53 bits per heavy atom. The molecule has 17 heavy (non-hydrogen) atoms. The SMILES string of the molecule is C=CCNc1ccc(NC(=O)CCCN)nc1. The van der Waals surface area contributed by atoms with Gasteiger partial charge in [0.15, 0.2) is 0 Å². The van der Waals surface area contributed by atoms with Crippen LogP contribution in [0.5, 0.6) is 0 Å². The molecule has 5 nitrogen and oxygen atoms in total. The molecule has 0 fully saturated rings. The van der Waals surface area contributed by atoms with Gasteiger partial charge in [-0.2, -0.15) is 0 Å². The molecule has 0 aliphatic heterocycles. The summed E-state index contributed by atoms with van der Waals surface area (Å²) in [6, 6.07) is 3.61. The van der Waals surface area contributed by atoms with Crippen LogP contribution in [0, 0.1) is 0 Å². The van der Waals surface area contributed by atoms with E-state index in [0.717, 1.165) is 5.69 Å². The van der Waals surface area contributed by atoms with E-state index in [4.69, 9.17) is 5.73 Å². The van der Waals surface area contributed by atoms with Gasteiger partial charge in [-0.3, -0.25) is 4.79 Å². The van der Waals surface area contributed by atoms with Gasteiger partial charge in [0, 0.05) is 13.0 Å². The number of rotatable bonds is 7. The first-order valence-corrected chi connectivity index (χ1v) is 5.57. The summed E-state index contributed by atoms with van der Waals surface area (Å²) in [4.78, 5) is 15.5. The van der Waals surface area contributed by atoms with Crippen molar-refractivity contribution in [2.24, 2.45) is 5.73 Å². The summed E-state index contributed by atoms with van der Waals surface area (Å²) in [5.41, 5.74) is 6.22. The maximum atomic E-state index is 11.4. The van der Waals surface area contributed by atoms with Crippen LogP contribution in [0.15, 0.2) is 31.0 Å². The van der Waals surface area contributed by atoms with Gasteiger partial charge in [-0.15, -0.1) is 6.58 Å². The lowest BCUT2D eigenvalue weighted by atomic mass is 10.3. The molecule has 0 atom stereocenters. The van der Waals surface area contributed by atoms with Crippen molar-refractivity contribution in [1.82, 2.24) is 4.98 Å². The Balaban J connectivity index is 2.44. The number of hydrogen-bond donors (Lipinski definition) is 3. The summed E-state index contributed by atoms with van der Waals surface area (Å²) in [7, 11) is 0. The molecule has 4 N–H and O–H groups in total. The molecular formula is C12H18N4O. The van der Waals surface area contributed by atoms with Crippen molar-refractivity contribution in [2.75, 3.05) is 23.7 Å². The van der Waals surface area contributed by atoms with Crippen LogP contribution in [0.3, 0.4) is 0 Å². The van der Waals surface area contributed by atoms with E-state index in [1.807, 2.05) is 6.07 Å². The molecule has 0 radical (unpaired) electrons. The van der Waals surface area contributed by atoms with Crippen molar-refractivity contribution in [3.63, 3.8) is 0 Å². The minimum absolute atomic E-state index is 0.0604. The standard InChI is InChI=1S/C12H18N4O/c1-2-8-14-10-5-6-11(15-9-10)16-12(17)4-3-7-13/h2,5-6,9,14H,1,3-4,7-8,13H2,(H,15,16,17). The first-order chi connectivity index (χ1) is 8.26. The molecule has 1 rings (SSSR count). The number of carbonyl (C=O) groups excluding carboxylic acids is 1. The Labute approximate surface area is 101 Å². The second-order valence-electron chi connectivity index (χ2n) is 3.54. The highest BCUT2D eigenvalue weighted by molar-refractivity contribution is 5.89. The molecule has 1 aromatic heterocycles. The number of carbonyl (C=O) groups is 1. The van der Waals surface area contributed by atoms with Crippen molar-refractivity contribution < 1.29 is 4.79 Å². The zero-order chi connectivity index (χ0) is 12.5. The molecule has 0 aliphatic carbocycles. The third kappa shape index (κ3) is 5.12. The maximum Gasteiger partial charge on any atom is 0.225 e. The van der Waals surface area contributed by atoms with E-state index in [2.05, 4.69) is 22.2 Å². The largest absolute Gasteiger partial charge is 0.380 e. The minimum atomic E-state index is -0.0604. The first-order valence-electron chi connectivity index (χ1n) is 5.57. The molecule has 1 aromatic rings. The second-order valence-corrected chi connectivity index (χ2v) is 3.54. The molecule has 0 saturated heterocycles. The van der Waals surface area contributed by atoms with Crippen molar-refractivity contribution in [3.8, 4) is 0 Å². The van der Waals surface area contributed by atoms with Crippen molar-refractivity contribution in [1.29, 1.82) is 0 Å². The zero-order valence-electron chi connectivity index (χ0n) is 9.78. The van der Waals surface area contributed by atoms with Gasteiger partial charge in [-0.25, -0.2) is 4.98 Å². The lowest BCUT2D eigenvalue weighted by Gasteiger charge is -2.06. The quantitative estimate of drug-likeness (QED) is 0.622. The van der Waals surface area contributed by atoms with Gasteiger partial charge in [0.2, 0.25) is 5.91 Å². The van der Waals surface area contributed by atoms with E-state index in [1.165, 1.54) is 0 Å². The third-order valence-electron chi connectivity index (χ3n) is 2.09. The number of hydrogen-bond acceptors (Lipinski definition) is 4. The Hall–Kier alpha value is -1.88. The summed E-state index contributed by atoms with van der Waals surface area (Å²) in [5.74, 6) is 0.492. The highest BCUT2D eigenvalue weighted by Crippen LogP contribution is 2.09. The molecule has 0 bridgehead atoms. The Morgan fingerprint density at radius 2 is 2.35 bits per heavy atom. The Bertz CT molecular complexity index is 361. The zero-order valence-corrected chi connectivity index (χ0v) is 9.78. The van der Waals surface area contributed by atoms with E-state index in [9.17, 15) is 4.79 Å². The minimum Gasteiger partial charge on any atom is -0.380 e. The van der Waals surface area contributed by atoms with E-state index in [1.54, 1.807) is 18.3 Å². The number of nitrogens with zero attached hydrogens (tertiary/aromatic N) is 1. The topological polar surface area (TPSA) is 80.0 Å². The summed E-state index contributed by atoms with van der Waals surface area (Å²) in [6.07, 6.45) is 4.55. The molecule has 0 spiro atoms. The number of nitrogens with one attached hydrogen (secondary N) is 2. The molecule has 0 aromatic carbocycles. The molecule has 0 saturated carbocycles. The highest BCUT2D eigenvalue weighted by atomic mass is 16.1. The number of pyridine rings is 1. The van der Waals surface area contributed by atoms with Crippen LogP contribution in [-0.4, -0.2) is 24.0 Å². The molecule has 1 heterocycles.